The highest BCUT2D eigenvalue weighted by Crippen LogP contribution is 2.20. The van der Waals surface area contributed by atoms with Crippen LogP contribution < -0.4 is 10.9 Å². The molecule has 0 unspecified atom stereocenters. The van der Waals surface area contributed by atoms with Crippen molar-refractivity contribution in [2.75, 3.05) is 0 Å². The summed E-state index contributed by atoms with van der Waals surface area (Å²) in [5, 5.41) is 15.0. The first-order valence-electron chi connectivity index (χ1n) is 9.05. The van der Waals surface area contributed by atoms with E-state index in [4.69, 9.17) is 4.42 Å². The standard InChI is InChI=1S/C20H18BrN5O5/c1-12-19(21)13(2)25(24-12)11-14-3-5-15(6-4-14)20(28)23-22-17(27)9-7-16-8-10-18(31-16)26(29)30/h3-10H,11H2,1-2H3,(H,22,27)(H,23,28). The monoisotopic (exact) mass is 487 g/mol. The second-order valence-electron chi connectivity index (χ2n) is 6.55. The number of nitrogens with one attached hydrogen (secondary N) is 2. The molecule has 2 amide bonds. The molecule has 0 saturated heterocycles. The van der Waals surface area contributed by atoms with Crippen molar-refractivity contribution < 1.29 is 18.9 Å². The van der Waals surface area contributed by atoms with Crippen molar-refractivity contribution in [2.24, 2.45) is 0 Å². The maximum atomic E-state index is 12.2. The Balaban J connectivity index is 1.53. The fraction of sp³-hybridized carbons (Fsp3) is 0.150. The number of amides is 2. The molecular weight excluding hydrogens is 470 g/mol. The van der Waals surface area contributed by atoms with Crippen LogP contribution in [0.15, 0.2) is 51.4 Å². The minimum absolute atomic E-state index is 0.137. The average molecular weight is 488 g/mol. The summed E-state index contributed by atoms with van der Waals surface area (Å²) in [6.45, 7) is 4.45. The number of carbonyl (C=O) groups excluding carboxylic acids is 2. The van der Waals surface area contributed by atoms with Gasteiger partial charge >= 0.3 is 5.88 Å². The highest BCUT2D eigenvalue weighted by atomic mass is 79.9. The average Bonchev–Trinajstić information content (AvgIpc) is 3.32. The Morgan fingerprint density at radius 2 is 1.90 bits per heavy atom. The number of nitro groups is 1. The van der Waals surface area contributed by atoms with Crippen molar-refractivity contribution in [1.82, 2.24) is 20.6 Å². The highest BCUT2D eigenvalue weighted by Gasteiger charge is 2.11. The molecule has 2 heterocycles. The van der Waals surface area contributed by atoms with Crippen LogP contribution in [0.25, 0.3) is 6.08 Å². The Kier molecular flexibility index (Phi) is 6.65. The lowest BCUT2D eigenvalue weighted by Crippen LogP contribution is -2.40. The Hall–Kier alpha value is -3.73. The van der Waals surface area contributed by atoms with Crippen LogP contribution in [0.3, 0.4) is 0 Å². The Morgan fingerprint density at radius 3 is 2.48 bits per heavy atom. The summed E-state index contributed by atoms with van der Waals surface area (Å²) in [7, 11) is 0. The van der Waals surface area contributed by atoms with Crippen LogP contribution in [0.5, 0.6) is 0 Å². The second-order valence-corrected chi connectivity index (χ2v) is 7.34. The van der Waals surface area contributed by atoms with Crippen LogP contribution in [-0.2, 0) is 11.3 Å². The number of hydrazine groups is 1. The van der Waals surface area contributed by atoms with E-state index in [-0.39, 0.29) is 5.76 Å². The lowest BCUT2D eigenvalue weighted by atomic mass is 10.1. The van der Waals surface area contributed by atoms with E-state index in [1.165, 1.54) is 18.2 Å². The van der Waals surface area contributed by atoms with Crippen molar-refractivity contribution in [2.45, 2.75) is 20.4 Å². The molecule has 1 aromatic carbocycles. The molecule has 31 heavy (non-hydrogen) atoms. The fourth-order valence-corrected chi connectivity index (χ4v) is 2.97. The van der Waals surface area contributed by atoms with Gasteiger partial charge in [-0.2, -0.15) is 5.10 Å². The molecular formula is C20H18BrN5O5. The normalized spacial score (nSPS) is 10.9. The molecule has 0 bridgehead atoms. The summed E-state index contributed by atoms with van der Waals surface area (Å²) in [5.74, 6) is -1.41. The van der Waals surface area contributed by atoms with Crippen molar-refractivity contribution in [1.29, 1.82) is 0 Å². The van der Waals surface area contributed by atoms with Crippen LogP contribution in [0.1, 0.15) is 33.1 Å². The molecule has 0 saturated carbocycles. The summed E-state index contributed by atoms with van der Waals surface area (Å²) in [4.78, 5) is 33.9. The molecule has 0 fully saturated rings. The number of nitrogens with zero attached hydrogens (tertiary/aromatic N) is 3. The largest absolute Gasteiger partial charge is 0.433 e. The van der Waals surface area contributed by atoms with E-state index < -0.39 is 22.6 Å². The van der Waals surface area contributed by atoms with Gasteiger partial charge in [-0.3, -0.25) is 35.2 Å². The van der Waals surface area contributed by atoms with Crippen LogP contribution in [0, 0.1) is 24.0 Å². The molecule has 0 atom stereocenters. The number of rotatable bonds is 6. The molecule has 0 aliphatic carbocycles. The van der Waals surface area contributed by atoms with Crippen LogP contribution >= 0.6 is 15.9 Å². The van der Waals surface area contributed by atoms with E-state index in [0.717, 1.165) is 27.5 Å². The SMILES string of the molecule is Cc1nn(Cc2ccc(C(=O)NNC(=O)C=Cc3ccc([N+](=O)[O-])o3)cc2)c(C)c1Br. The van der Waals surface area contributed by atoms with Gasteiger partial charge in [0.1, 0.15) is 10.7 Å². The Labute approximate surface area is 185 Å². The topological polar surface area (TPSA) is 132 Å². The van der Waals surface area contributed by atoms with E-state index in [2.05, 4.69) is 31.9 Å². The molecule has 2 aromatic heterocycles. The van der Waals surface area contributed by atoms with Gasteiger partial charge in [-0.15, -0.1) is 0 Å². The summed E-state index contributed by atoms with van der Waals surface area (Å²) in [5.41, 5.74) is 7.78. The first-order chi connectivity index (χ1) is 14.7. The number of hydrogen-bond donors (Lipinski definition) is 2. The number of benzene rings is 1. The molecule has 0 aliphatic rings. The van der Waals surface area contributed by atoms with E-state index in [1.807, 2.05) is 30.7 Å². The lowest BCUT2D eigenvalue weighted by Gasteiger charge is -2.08. The zero-order valence-corrected chi connectivity index (χ0v) is 18.2. The number of aromatic nitrogens is 2. The molecule has 0 aliphatic heterocycles. The zero-order valence-electron chi connectivity index (χ0n) is 16.6. The molecule has 11 heteroatoms. The Morgan fingerprint density at radius 1 is 1.19 bits per heavy atom. The summed E-state index contributed by atoms with van der Waals surface area (Å²) in [6, 6.07) is 9.45. The van der Waals surface area contributed by atoms with Crippen LogP contribution in [0.2, 0.25) is 0 Å². The summed E-state index contributed by atoms with van der Waals surface area (Å²) >= 11 is 3.50. The van der Waals surface area contributed by atoms with Gasteiger partial charge < -0.3 is 4.42 Å². The number of halogens is 1. The second kappa shape index (κ2) is 9.39. The molecule has 3 aromatic rings. The van der Waals surface area contributed by atoms with Crippen molar-refractivity contribution >= 4 is 39.7 Å². The predicted molar refractivity (Wildman–Crippen MR) is 115 cm³/mol. The first kappa shape index (κ1) is 22.0. The van der Waals surface area contributed by atoms with Gasteiger partial charge in [0.25, 0.3) is 11.8 Å². The number of furan rings is 1. The van der Waals surface area contributed by atoms with Gasteiger partial charge in [0.05, 0.1) is 28.5 Å². The van der Waals surface area contributed by atoms with Gasteiger partial charge in [0.15, 0.2) is 0 Å². The van der Waals surface area contributed by atoms with E-state index in [9.17, 15) is 19.7 Å². The fourth-order valence-electron chi connectivity index (χ4n) is 2.68. The summed E-state index contributed by atoms with van der Waals surface area (Å²) < 4.78 is 7.74. The first-order valence-corrected chi connectivity index (χ1v) is 9.85. The van der Waals surface area contributed by atoms with Crippen molar-refractivity contribution in [3.63, 3.8) is 0 Å². The van der Waals surface area contributed by atoms with Crippen LogP contribution in [-0.4, -0.2) is 26.5 Å². The third-order valence-corrected chi connectivity index (χ3v) is 5.48. The number of carbonyl (C=O) groups is 2. The van der Waals surface area contributed by atoms with E-state index in [1.54, 1.807) is 12.1 Å². The molecule has 3 rings (SSSR count). The van der Waals surface area contributed by atoms with Crippen LogP contribution in [0.4, 0.5) is 5.88 Å². The molecule has 0 spiro atoms. The maximum absolute atomic E-state index is 12.2. The van der Waals surface area contributed by atoms with Crippen molar-refractivity contribution in [3.8, 4) is 0 Å². The zero-order chi connectivity index (χ0) is 22.5. The minimum atomic E-state index is -0.681. The Bertz CT molecular complexity index is 1160. The quantitative estimate of drug-likeness (QED) is 0.311. The van der Waals surface area contributed by atoms with Gasteiger partial charge in [0.2, 0.25) is 0 Å². The highest BCUT2D eigenvalue weighted by molar-refractivity contribution is 9.10. The van der Waals surface area contributed by atoms with E-state index in [0.29, 0.717) is 12.1 Å². The molecule has 2 N–H and O–H groups in total. The summed E-state index contributed by atoms with van der Waals surface area (Å²) in [6.07, 6.45) is 2.33. The molecule has 10 nitrogen and oxygen atoms in total. The predicted octanol–water partition coefficient (Wildman–Crippen LogP) is 3.29. The minimum Gasteiger partial charge on any atom is -0.401 e. The van der Waals surface area contributed by atoms with Gasteiger partial charge in [0, 0.05) is 11.6 Å². The third kappa shape index (κ3) is 5.45. The lowest BCUT2D eigenvalue weighted by molar-refractivity contribution is -0.402. The van der Waals surface area contributed by atoms with Gasteiger partial charge in [-0.1, -0.05) is 12.1 Å². The van der Waals surface area contributed by atoms with E-state index >= 15 is 0 Å². The van der Waals surface area contributed by atoms with Gasteiger partial charge in [-0.05, 0) is 59.6 Å². The number of hydrogen-bond acceptors (Lipinski definition) is 6. The third-order valence-electron chi connectivity index (χ3n) is 4.33. The maximum Gasteiger partial charge on any atom is 0.433 e. The number of aryl methyl sites for hydroxylation is 1. The van der Waals surface area contributed by atoms with Crippen molar-refractivity contribution in [3.05, 3.63) is 85.3 Å². The van der Waals surface area contributed by atoms with Gasteiger partial charge in [-0.25, -0.2) is 0 Å². The molecule has 160 valence electrons. The molecule has 0 radical (unpaired) electrons. The smallest absolute Gasteiger partial charge is 0.401 e.